The molecule has 0 bridgehead atoms. The Labute approximate surface area is 109 Å². The van der Waals surface area contributed by atoms with Crippen LogP contribution in [0.1, 0.15) is 36.5 Å². The Morgan fingerprint density at radius 3 is 2.83 bits per heavy atom. The third-order valence-electron chi connectivity index (χ3n) is 3.35. The number of aryl methyl sites for hydroxylation is 1. The minimum absolute atomic E-state index is 0.226. The summed E-state index contributed by atoms with van der Waals surface area (Å²) in [5.41, 5.74) is 0.651. The van der Waals surface area contributed by atoms with E-state index in [0.717, 1.165) is 19.5 Å². The van der Waals surface area contributed by atoms with Crippen LogP contribution in [-0.4, -0.2) is 41.7 Å². The lowest BCUT2D eigenvalue weighted by Gasteiger charge is -2.14. The predicted molar refractivity (Wildman–Crippen MR) is 70.7 cm³/mol. The van der Waals surface area contributed by atoms with Crippen molar-refractivity contribution in [3.05, 3.63) is 24.0 Å². The maximum atomic E-state index is 11.5. The van der Waals surface area contributed by atoms with Gasteiger partial charge in [0.2, 0.25) is 0 Å². The molecule has 0 amide bonds. The molecule has 1 aromatic heterocycles. The standard InChI is InChI=1S/C14H22N2O2/c1-2-18-14(17)13-6-11-16(12-13)10-5-9-15-7-3-4-8-15/h6,11-12H,2-5,7-10H2,1H3. The first-order chi connectivity index (χ1) is 8.79. The van der Waals surface area contributed by atoms with Crippen molar-refractivity contribution < 1.29 is 9.53 Å². The van der Waals surface area contributed by atoms with E-state index in [1.807, 2.05) is 25.4 Å². The van der Waals surface area contributed by atoms with Gasteiger partial charge in [0.15, 0.2) is 0 Å². The molecule has 0 spiro atoms. The van der Waals surface area contributed by atoms with Crippen LogP contribution in [0, 0.1) is 0 Å². The summed E-state index contributed by atoms with van der Waals surface area (Å²) < 4.78 is 7.04. The van der Waals surface area contributed by atoms with Crippen molar-refractivity contribution in [1.29, 1.82) is 0 Å². The van der Waals surface area contributed by atoms with Crippen LogP contribution in [0.4, 0.5) is 0 Å². The molecule has 0 atom stereocenters. The maximum Gasteiger partial charge on any atom is 0.339 e. The normalized spacial score (nSPS) is 16.1. The molecular formula is C14H22N2O2. The van der Waals surface area contributed by atoms with Gasteiger partial charge in [-0.2, -0.15) is 0 Å². The molecule has 1 fully saturated rings. The zero-order valence-electron chi connectivity index (χ0n) is 11.1. The molecule has 2 rings (SSSR count). The fourth-order valence-corrected chi connectivity index (χ4v) is 2.40. The molecule has 1 saturated heterocycles. The second kappa shape index (κ2) is 6.59. The van der Waals surface area contributed by atoms with Crippen LogP contribution in [0.15, 0.2) is 18.5 Å². The first kappa shape index (κ1) is 13.1. The summed E-state index contributed by atoms with van der Waals surface area (Å²) >= 11 is 0. The van der Waals surface area contributed by atoms with Crippen LogP contribution in [-0.2, 0) is 11.3 Å². The molecule has 0 radical (unpaired) electrons. The zero-order valence-corrected chi connectivity index (χ0v) is 11.1. The molecule has 0 N–H and O–H groups in total. The summed E-state index contributed by atoms with van der Waals surface area (Å²) in [6.45, 7) is 6.88. The van der Waals surface area contributed by atoms with Gasteiger partial charge in [-0.15, -0.1) is 0 Å². The first-order valence-corrected chi connectivity index (χ1v) is 6.85. The van der Waals surface area contributed by atoms with Gasteiger partial charge >= 0.3 is 5.97 Å². The second-order valence-electron chi connectivity index (χ2n) is 4.76. The highest BCUT2D eigenvalue weighted by atomic mass is 16.5. The van der Waals surface area contributed by atoms with Gasteiger partial charge in [-0.1, -0.05) is 0 Å². The Kier molecular flexibility index (Phi) is 4.81. The summed E-state index contributed by atoms with van der Waals surface area (Å²) in [5, 5.41) is 0. The van der Waals surface area contributed by atoms with Gasteiger partial charge in [0.25, 0.3) is 0 Å². The average molecular weight is 250 g/mol. The number of esters is 1. The highest BCUT2D eigenvalue weighted by Gasteiger charge is 2.11. The maximum absolute atomic E-state index is 11.5. The van der Waals surface area contributed by atoms with Crippen molar-refractivity contribution in [2.24, 2.45) is 0 Å². The second-order valence-corrected chi connectivity index (χ2v) is 4.76. The smallest absolute Gasteiger partial charge is 0.339 e. The molecule has 0 saturated carbocycles. The van der Waals surface area contributed by atoms with Crippen LogP contribution >= 0.6 is 0 Å². The van der Waals surface area contributed by atoms with Crippen molar-refractivity contribution >= 4 is 5.97 Å². The minimum atomic E-state index is -0.226. The number of hydrogen-bond donors (Lipinski definition) is 0. The van der Waals surface area contributed by atoms with E-state index in [1.165, 1.54) is 25.9 Å². The van der Waals surface area contributed by atoms with E-state index >= 15 is 0 Å². The van der Waals surface area contributed by atoms with Gasteiger partial charge in [-0.25, -0.2) is 4.79 Å². The van der Waals surface area contributed by atoms with Crippen LogP contribution < -0.4 is 0 Å². The Balaban J connectivity index is 1.74. The summed E-state index contributed by atoms with van der Waals surface area (Å²) in [6, 6.07) is 1.83. The van der Waals surface area contributed by atoms with Crippen LogP contribution in [0.25, 0.3) is 0 Å². The SMILES string of the molecule is CCOC(=O)c1ccn(CCCN2CCCC2)c1. The lowest BCUT2D eigenvalue weighted by molar-refractivity contribution is 0.0526. The largest absolute Gasteiger partial charge is 0.462 e. The number of nitrogens with zero attached hydrogens (tertiary/aromatic N) is 2. The average Bonchev–Trinajstić information content (AvgIpc) is 3.00. The quantitative estimate of drug-likeness (QED) is 0.726. The van der Waals surface area contributed by atoms with Gasteiger partial charge < -0.3 is 14.2 Å². The lowest BCUT2D eigenvalue weighted by atomic mass is 10.3. The van der Waals surface area contributed by atoms with E-state index in [9.17, 15) is 4.79 Å². The Morgan fingerprint density at radius 2 is 2.11 bits per heavy atom. The molecule has 100 valence electrons. The molecule has 0 aromatic carbocycles. The van der Waals surface area contributed by atoms with Crippen molar-refractivity contribution in [3.8, 4) is 0 Å². The molecule has 4 nitrogen and oxygen atoms in total. The van der Waals surface area contributed by atoms with Gasteiger partial charge in [0, 0.05) is 18.9 Å². The highest BCUT2D eigenvalue weighted by molar-refractivity contribution is 5.89. The van der Waals surface area contributed by atoms with Crippen molar-refractivity contribution in [3.63, 3.8) is 0 Å². The third kappa shape index (κ3) is 3.60. The third-order valence-corrected chi connectivity index (χ3v) is 3.35. The molecule has 0 aliphatic carbocycles. The number of aromatic nitrogens is 1. The predicted octanol–water partition coefficient (Wildman–Crippen LogP) is 2.15. The molecule has 1 aliphatic rings. The molecule has 1 aromatic rings. The molecular weight excluding hydrogens is 228 g/mol. The van der Waals surface area contributed by atoms with E-state index in [1.54, 1.807) is 0 Å². The number of likely N-dealkylation sites (tertiary alicyclic amines) is 1. The molecule has 18 heavy (non-hydrogen) atoms. The van der Waals surface area contributed by atoms with Gasteiger partial charge in [0.05, 0.1) is 12.2 Å². The van der Waals surface area contributed by atoms with Crippen molar-refractivity contribution in [1.82, 2.24) is 9.47 Å². The summed E-state index contributed by atoms with van der Waals surface area (Å²) in [7, 11) is 0. The summed E-state index contributed by atoms with van der Waals surface area (Å²) in [4.78, 5) is 14.0. The van der Waals surface area contributed by atoms with E-state index in [-0.39, 0.29) is 5.97 Å². The minimum Gasteiger partial charge on any atom is -0.462 e. The van der Waals surface area contributed by atoms with Crippen molar-refractivity contribution in [2.75, 3.05) is 26.2 Å². The number of carbonyl (C=O) groups is 1. The van der Waals surface area contributed by atoms with E-state index < -0.39 is 0 Å². The van der Waals surface area contributed by atoms with Crippen LogP contribution in [0.3, 0.4) is 0 Å². The first-order valence-electron chi connectivity index (χ1n) is 6.85. The van der Waals surface area contributed by atoms with E-state index in [2.05, 4.69) is 9.47 Å². The molecule has 4 heteroatoms. The fraction of sp³-hybridized carbons (Fsp3) is 0.643. The van der Waals surface area contributed by atoms with Crippen molar-refractivity contribution in [2.45, 2.75) is 32.7 Å². The fourth-order valence-electron chi connectivity index (χ4n) is 2.40. The molecule has 0 unspecified atom stereocenters. The van der Waals surface area contributed by atoms with Crippen LogP contribution in [0.5, 0.6) is 0 Å². The summed E-state index contributed by atoms with van der Waals surface area (Å²) in [6.07, 6.45) is 7.65. The molecule has 1 aliphatic heterocycles. The number of hydrogen-bond acceptors (Lipinski definition) is 3. The van der Waals surface area contributed by atoms with Gasteiger partial charge in [0.1, 0.15) is 0 Å². The Hall–Kier alpha value is -1.29. The lowest BCUT2D eigenvalue weighted by Crippen LogP contribution is -2.21. The number of rotatable bonds is 6. The topological polar surface area (TPSA) is 34.5 Å². The monoisotopic (exact) mass is 250 g/mol. The van der Waals surface area contributed by atoms with E-state index in [4.69, 9.17) is 4.74 Å². The Morgan fingerprint density at radius 1 is 1.33 bits per heavy atom. The molecule has 2 heterocycles. The summed E-state index contributed by atoms with van der Waals surface area (Å²) in [5.74, 6) is -0.226. The zero-order chi connectivity index (χ0) is 12.8. The van der Waals surface area contributed by atoms with E-state index in [0.29, 0.717) is 12.2 Å². The van der Waals surface area contributed by atoms with Crippen LogP contribution in [0.2, 0.25) is 0 Å². The van der Waals surface area contributed by atoms with Gasteiger partial charge in [-0.3, -0.25) is 0 Å². The van der Waals surface area contributed by atoms with Gasteiger partial charge in [-0.05, 0) is 51.9 Å². The Bertz CT molecular complexity index is 381. The number of carbonyl (C=O) groups excluding carboxylic acids is 1. The highest BCUT2D eigenvalue weighted by Crippen LogP contribution is 2.09. The number of ether oxygens (including phenoxy) is 1.